The zero-order valence-corrected chi connectivity index (χ0v) is 84.7. The number of hydrogen-bond acceptors (Lipinski definition) is 23. The Morgan fingerprint density at radius 3 is 1.01 bits per heavy atom. The van der Waals surface area contributed by atoms with Crippen LogP contribution in [-0.2, 0) is 7.05 Å². The lowest BCUT2D eigenvalue weighted by Gasteiger charge is -2.15. The lowest BCUT2D eigenvalue weighted by Crippen LogP contribution is -2.29. The van der Waals surface area contributed by atoms with Gasteiger partial charge in [-0.05, 0) is 190 Å². The normalized spacial score (nSPS) is 17.6. The molecule has 6 amide bonds. The van der Waals surface area contributed by atoms with Gasteiger partial charge in [-0.25, -0.2) is 9.97 Å². The average Bonchev–Trinajstić information content (AvgIpc) is 1.73. The van der Waals surface area contributed by atoms with Crippen LogP contribution in [0.4, 0.5) is 5.69 Å². The summed E-state index contributed by atoms with van der Waals surface area (Å²) in [5, 5.41) is 54.9. The summed E-state index contributed by atoms with van der Waals surface area (Å²) in [4.78, 5) is 114. The fourth-order valence-corrected chi connectivity index (χ4v) is 18.1. The lowest BCUT2D eigenvalue weighted by atomic mass is 10.0. The largest absolute Gasteiger partial charge is 0.495 e. The number of anilines is 1. The first-order valence-electron chi connectivity index (χ1n) is 49.7. The number of benzene rings is 1. The summed E-state index contributed by atoms with van der Waals surface area (Å²) >= 11 is 0. The monoisotopic (exact) mass is 1940 g/mol. The average molecular weight is 1940 g/mol. The molecular weight excluding hydrogens is 1800 g/mol. The van der Waals surface area contributed by atoms with E-state index in [2.05, 4.69) is 221 Å². The molecule has 0 saturated carbocycles. The number of rotatable bonds is 21. The van der Waals surface area contributed by atoms with Crippen molar-refractivity contribution in [1.29, 1.82) is 0 Å². The van der Waals surface area contributed by atoms with Crippen LogP contribution in [-0.4, -0.2) is 262 Å². The molecule has 143 heavy (non-hydrogen) atoms. The summed E-state index contributed by atoms with van der Waals surface area (Å²) in [7, 11) is 3.51. The van der Waals surface area contributed by atoms with Gasteiger partial charge in [0.15, 0.2) is 0 Å². The van der Waals surface area contributed by atoms with Crippen LogP contribution in [0.5, 0.6) is 5.75 Å². The van der Waals surface area contributed by atoms with E-state index in [1.165, 1.54) is 5.56 Å². The molecule has 0 spiro atoms. The fraction of sp³-hybridized carbons (Fsp3) is 0.430. The minimum absolute atomic E-state index is 0.00144. The van der Waals surface area contributed by atoms with E-state index in [4.69, 9.17) is 15.5 Å². The summed E-state index contributed by atoms with van der Waals surface area (Å²) in [6, 6.07) is 43.2. The molecule has 14 aromatic rings. The van der Waals surface area contributed by atoms with Crippen LogP contribution < -0.4 is 10.5 Å². The molecule has 8 N–H and O–H groups in total. The highest BCUT2D eigenvalue weighted by atomic mass is 16.5. The van der Waals surface area contributed by atoms with Gasteiger partial charge in [-0.15, -0.1) is 0 Å². The standard InChI is InChI=1S/C22H24N4O.C20H25N7O.C17H22N4O2.C17H22N4O.C16H21N5O.C15H19N5O/c1-15(2)20-12-21(25-24-20)22(27)26-11-10-18(14-26)19-9-8-17(13-23-19)16-6-4-3-5-7-16;1-12(2)16-8-18(25-24-16)20(28)27-6-5-14(11-27)19-22-13(3)7-17(23-19)15-9-21-26(4)10-15;1-11(2)15-8-16(20-19-15)17(22)21-7-6-12(10-21)14-5-4-13(23-3)9-18-14;1-11(2)15-8-16(20-19-15)17(22)21-7-6-13(10-21)14-5-4-12(3)9-18-14;1-10(2)14-7-15(20-19-14)16(22)21-6-5-11(9-21)13-4-3-12(17)8-18-13;1-10(2)13-8-14(19-18-13)15(21)20-7-5-11(9-20)12-4-3-6-16-17-12/h3-9,12-13,15,18H,10-11,14H2,1-2H3,(H,24,25);7-10,12,14H,5-6,11H2,1-4H3,(H,24,25);4-5,8-9,11-12H,6-7,10H2,1-3H3,(H,19,20);4-5,8-9,11,13H,6-7,10H2,1-3H3,(H,19,20);3-4,7-8,10-11H,5-6,9,17H2,1-2H3,(H,19,20);3-4,6,8,10-11H,5,7,9H2,1-2H3,(H,18,19). The Morgan fingerprint density at radius 1 is 0.357 bits per heavy atom. The second kappa shape index (κ2) is 47.0. The number of hydrogen-bond donors (Lipinski definition) is 7. The van der Waals surface area contributed by atoms with Crippen molar-refractivity contribution < 1.29 is 33.5 Å². The number of methoxy groups -OCH3 is 1. The minimum Gasteiger partial charge on any atom is -0.495 e. The van der Waals surface area contributed by atoms with Crippen LogP contribution in [0.2, 0.25) is 0 Å². The molecule has 6 aliphatic rings. The van der Waals surface area contributed by atoms with Crippen molar-refractivity contribution >= 4 is 41.1 Å². The fourth-order valence-electron chi connectivity index (χ4n) is 18.1. The number of amides is 6. The summed E-state index contributed by atoms with van der Waals surface area (Å²) in [5.74, 6) is 5.02. The highest BCUT2D eigenvalue weighted by Gasteiger charge is 2.38. The van der Waals surface area contributed by atoms with Gasteiger partial charge in [-0.1, -0.05) is 126 Å². The van der Waals surface area contributed by atoms with Crippen molar-refractivity contribution in [1.82, 2.24) is 140 Å². The zero-order valence-electron chi connectivity index (χ0n) is 84.7. The molecule has 1 aromatic carbocycles. The lowest BCUT2D eigenvalue weighted by molar-refractivity contribution is 0.0777. The molecule has 36 heteroatoms. The van der Waals surface area contributed by atoms with Crippen molar-refractivity contribution in [3.05, 3.63) is 291 Å². The third kappa shape index (κ3) is 26.0. The van der Waals surface area contributed by atoms with E-state index in [1.807, 2.05) is 166 Å². The third-order valence-electron chi connectivity index (χ3n) is 27.0. The van der Waals surface area contributed by atoms with Crippen molar-refractivity contribution in [3.63, 3.8) is 0 Å². The number of nitrogen functional groups attached to an aromatic ring is 1. The Kier molecular flexibility index (Phi) is 33.6. The summed E-state index contributed by atoms with van der Waals surface area (Å²) in [5.41, 5.74) is 26.5. The van der Waals surface area contributed by atoms with Crippen LogP contribution in [0.25, 0.3) is 22.4 Å². The number of ether oxygens (including phenoxy) is 1. The molecule has 0 radical (unpaired) electrons. The molecule has 0 aliphatic carbocycles. The first-order chi connectivity index (χ1) is 68.8. The molecule has 13 aromatic heterocycles. The predicted octanol–water partition coefficient (Wildman–Crippen LogP) is 16.4. The topological polar surface area (TPSA) is 450 Å². The predicted molar refractivity (Wildman–Crippen MR) is 545 cm³/mol. The SMILES string of the molecule is CC(C)c1cc(C(=O)N2CCC(c3ccc(-c4ccccc4)cn3)C2)n[nH]1.CC(C)c1cc(C(=O)N2CCC(c3ccc(N)cn3)C2)n[nH]1.CC(C)c1cc(C(=O)N2CCC(c3cccnn3)C2)n[nH]1.COc1ccc(C2CCN(C(=O)c3cc(C(C)C)[nH]n3)C2)nc1.Cc1cc(-c2cnn(C)c2)nc(C2CCN(C(=O)c3cc(C(C)C)[nH]n3)C2)n1.Cc1ccc(C2CCN(C(=O)c3cc(C(C)C)[nH]n3)C2)nc1. The number of aromatic amines is 6. The third-order valence-corrected chi connectivity index (χ3v) is 27.0. The van der Waals surface area contributed by atoms with Crippen molar-refractivity contribution in [2.45, 2.75) is 206 Å². The number of pyridine rings is 4. The molecule has 6 aliphatic heterocycles. The first-order valence-corrected chi connectivity index (χ1v) is 49.7. The summed E-state index contributed by atoms with van der Waals surface area (Å²) < 4.78 is 6.89. The number of carbonyl (C=O) groups is 6. The number of likely N-dealkylation sites (tertiary alicyclic amines) is 6. The molecule has 36 nitrogen and oxygen atoms in total. The number of aryl methyl sites for hydroxylation is 3. The Hall–Kier alpha value is -15.1. The number of nitrogens with one attached hydrogen (secondary N) is 6. The molecule has 0 bridgehead atoms. The number of carbonyl (C=O) groups excluding carboxylic acids is 6. The second-order valence-corrected chi connectivity index (χ2v) is 39.6. The van der Waals surface area contributed by atoms with Crippen molar-refractivity contribution in [2.75, 3.05) is 91.4 Å². The van der Waals surface area contributed by atoms with Crippen LogP contribution >= 0.6 is 0 Å². The number of aromatic nitrogens is 22. The second-order valence-electron chi connectivity index (χ2n) is 39.6. The number of nitrogens with two attached hydrogens (primary N) is 1. The molecule has 6 fully saturated rings. The molecule has 748 valence electrons. The van der Waals surface area contributed by atoms with E-state index in [0.717, 1.165) is 180 Å². The van der Waals surface area contributed by atoms with Gasteiger partial charge < -0.3 is 39.9 Å². The van der Waals surface area contributed by atoms with Crippen molar-refractivity contribution in [3.8, 4) is 28.1 Å². The number of H-pyrrole nitrogens is 6. The molecule has 6 unspecified atom stereocenters. The maximum absolute atomic E-state index is 12.8. The van der Waals surface area contributed by atoms with Gasteiger partial charge >= 0.3 is 0 Å². The first kappa shape index (κ1) is 102. The van der Waals surface area contributed by atoms with E-state index in [9.17, 15) is 28.8 Å². The van der Waals surface area contributed by atoms with E-state index in [1.54, 1.807) is 36.6 Å². The Balaban J connectivity index is 0.000000130. The summed E-state index contributed by atoms with van der Waals surface area (Å²) in [6.07, 6.45) is 18.1. The van der Waals surface area contributed by atoms with Crippen molar-refractivity contribution in [2.24, 2.45) is 7.05 Å². The van der Waals surface area contributed by atoms with Gasteiger partial charge in [0.25, 0.3) is 35.4 Å². The maximum Gasteiger partial charge on any atom is 0.274 e. The zero-order chi connectivity index (χ0) is 101. The van der Waals surface area contributed by atoms with Gasteiger partial charge in [0.1, 0.15) is 45.7 Å². The van der Waals surface area contributed by atoms with Gasteiger partial charge in [0.05, 0.1) is 42.8 Å². The van der Waals surface area contributed by atoms with Gasteiger partial charge in [-0.3, -0.25) is 84.0 Å². The quantitative estimate of drug-likeness (QED) is 0.0351. The Labute approximate surface area is 834 Å². The van der Waals surface area contributed by atoms with E-state index >= 15 is 0 Å². The van der Waals surface area contributed by atoms with Gasteiger partial charge in [-0.2, -0.15) is 45.9 Å². The smallest absolute Gasteiger partial charge is 0.274 e. The molecule has 6 atom stereocenters. The van der Waals surface area contributed by atoms with E-state index < -0.39 is 0 Å². The Morgan fingerprint density at radius 2 is 0.706 bits per heavy atom. The Bertz CT molecular complexity index is 6440. The number of nitrogens with zero attached hydrogens (tertiary/aromatic N) is 22. The van der Waals surface area contributed by atoms with Crippen LogP contribution in [0, 0.1) is 13.8 Å². The maximum atomic E-state index is 12.8. The van der Waals surface area contributed by atoms with Crippen LogP contribution in [0.1, 0.15) is 335 Å². The highest BCUT2D eigenvalue weighted by molar-refractivity contribution is 5.95. The van der Waals surface area contributed by atoms with E-state index in [-0.39, 0.29) is 65.0 Å². The summed E-state index contributed by atoms with van der Waals surface area (Å²) in [6.45, 7) is 37.4. The highest BCUT2D eigenvalue weighted by Crippen LogP contribution is 2.36. The molecular formula is C107H133N29O7. The molecule has 20 rings (SSSR count). The van der Waals surface area contributed by atoms with Gasteiger partial charge in [0, 0.05) is 220 Å². The van der Waals surface area contributed by atoms with E-state index in [0.29, 0.717) is 121 Å². The van der Waals surface area contributed by atoms with Gasteiger partial charge in [0.2, 0.25) is 0 Å². The minimum atomic E-state index is -0.0363. The molecule has 6 saturated heterocycles. The molecule has 19 heterocycles. The van der Waals surface area contributed by atoms with Crippen LogP contribution in [0.15, 0.2) is 177 Å². The van der Waals surface area contributed by atoms with Crippen LogP contribution in [0.3, 0.4) is 0 Å².